The van der Waals surface area contributed by atoms with Crippen LogP contribution in [0.25, 0.3) is 0 Å². The van der Waals surface area contributed by atoms with Crippen molar-refractivity contribution in [1.82, 2.24) is 9.97 Å². The van der Waals surface area contributed by atoms with Crippen LogP contribution in [0.15, 0.2) is 67.1 Å². The van der Waals surface area contributed by atoms with Crippen molar-refractivity contribution in [3.63, 3.8) is 0 Å². The van der Waals surface area contributed by atoms with Gasteiger partial charge in [0.25, 0.3) is 0 Å². The molecule has 2 aromatic carbocycles. The van der Waals surface area contributed by atoms with Gasteiger partial charge in [-0.25, -0.2) is 15.0 Å². The standard InChI is InChI=1S/C18H17N5O/c1-13-5-2-3-8-16(13)22-23(17-9-10-20-12-21-17)15-7-4-6-14(11-15)18(19)24/h2-12,22H,1H3,(H2,19,24). The van der Waals surface area contributed by atoms with Crippen molar-refractivity contribution in [2.24, 2.45) is 5.73 Å². The number of nitrogens with two attached hydrogens (primary N) is 1. The van der Waals surface area contributed by atoms with Gasteiger partial charge in [0.2, 0.25) is 5.91 Å². The highest BCUT2D eigenvalue weighted by Crippen LogP contribution is 2.26. The van der Waals surface area contributed by atoms with E-state index in [9.17, 15) is 4.79 Å². The molecule has 0 fully saturated rings. The Morgan fingerprint density at radius 2 is 1.96 bits per heavy atom. The molecule has 24 heavy (non-hydrogen) atoms. The molecule has 0 saturated carbocycles. The molecule has 3 rings (SSSR count). The number of primary amides is 1. The van der Waals surface area contributed by atoms with E-state index in [0.29, 0.717) is 11.4 Å². The summed E-state index contributed by atoms with van der Waals surface area (Å²) in [4.78, 5) is 19.7. The average molecular weight is 319 g/mol. The molecule has 6 heteroatoms. The van der Waals surface area contributed by atoms with Crippen LogP contribution in [-0.2, 0) is 0 Å². The molecule has 0 bridgehead atoms. The minimum Gasteiger partial charge on any atom is -0.366 e. The number of para-hydroxylation sites is 1. The molecule has 0 aliphatic carbocycles. The topological polar surface area (TPSA) is 84.1 Å². The van der Waals surface area contributed by atoms with E-state index in [-0.39, 0.29) is 0 Å². The Labute approximate surface area is 139 Å². The Bertz CT molecular complexity index is 851. The van der Waals surface area contributed by atoms with Gasteiger partial charge in [-0.1, -0.05) is 24.3 Å². The zero-order chi connectivity index (χ0) is 16.9. The molecule has 0 spiro atoms. The van der Waals surface area contributed by atoms with E-state index in [4.69, 9.17) is 5.73 Å². The summed E-state index contributed by atoms with van der Waals surface area (Å²) in [6, 6.07) is 16.7. The summed E-state index contributed by atoms with van der Waals surface area (Å²) >= 11 is 0. The van der Waals surface area contributed by atoms with Crippen LogP contribution in [-0.4, -0.2) is 15.9 Å². The van der Waals surface area contributed by atoms with Crippen LogP contribution in [0.2, 0.25) is 0 Å². The van der Waals surface area contributed by atoms with Gasteiger partial charge in [0, 0.05) is 17.8 Å². The van der Waals surface area contributed by atoms with E-state index >= 15 is 0 Å². The molecule has 0 saturated heterocycles. The van der Waals surface area contributed by atoms with Crippen LogP contribution in [0.1, 0.15) is 15.9 Å². The van der Waals surface area contributed by atoms with Gasteiger partial charge < -0.3 is 5.73 Å². The van der Waals surface area contributed by atoms with Gasteiger partial charge in [-0.2, -0.15) is 0 Å². The van der Waals surface area contributed by atoms with E-state index in [2.05, 4.69) is 15.4 Å². The maximum Gasteiger partial charge on any atom is 0.248 e. The second kappa shape index (κ2) is 6.78. The number of anilines is 3. The second-order valence-electron chi connectivity index (χ2n) is 5.24. The van der Waals surface area contributed by atoms with E-state index in [1.165, 1.54) is 6.33 Å². The van der Waals surface area contributed by atoms with Crippen molar-refractivity contribution in [2.75, 3.05) is 10.4 Å². The fourth-order valence-corrected chi connectivity index (χ4v) is 2.29. The van der Waals surface area contributed by atoms with Crippen LogP contribution >= 0.6 is 0 Å². The summed E-state index contributed by atoms with van der Waals surface area (Å²) < 4.78 is 0. The van der Waals surface area contributed by atoms with Gasteiger partial charge in [0.15, 0.2) is 5.82 Å². The van der Waals surface area contributed by atoms with Gasteiger partial charge >= 0.3 is 0 Å². The fraction of sp³-hybridized carbons (Fsp3) is 0.0556. The molecule has 0 atom stereocenters. The summed E-state index contributed by atoms with van der Waals surface area (Å²) in [5.41, 5.74) is 11.9. The predicted octanol–water partition coefficient (Wildman–Crippen LogP) is 3.05. The summed E-state index contributed by atoms with van der Waals surface area (Å²) in [6.45, 7) is 2.01. The van der Waals surface area contributed by atoms with E-state index in [1.807, 2.05) is 37.3 Å². The largest absolute Gasteiger partial charge is 0.366 e. The van der Waals surface area contributed by atoms with Crippen LogP contribution in [0, 0.1) is 6.92 Å². The van der Waals surface area contributed by atoms with Gasteiger partial charge in [-0.15, -0.1) is 0 Å². The minimum absolute atomic E-state index is 0.429. The first-order valence-electron chi connectivity index (χ1n) is 7.43. The molecule has 6 nitrogen and oxygen atoms in total. The molecule has 0 aliphatic heterocycles. The molecular weight excluding hydrogens is 302 g/mol. The highest BCUT2D eigenvalue weighted by molar-refractivity contribution is 5.94. The first-order valence-corrected chi connectivity index (χ1v) is 7.43. The molecule has 0 radical (unpaired) electrons. The zero-order valence-corrected chi connectivity index (χ0v) is 13.2. The molecule has 1 amide bonds. The Hall–Kier alpha value is -3.41. The Morgan fingerprint density at radius 1 is 1.12 bits per heavy atom. The maximum absolute atomic E-state index is 11.5. The number of nitrogens with zero attached hydrogens (tertiary/aromatic N) is 3. The van der Waals surface area contributed by atoms with E-state index in [1.54, 1.807) is 35.5 Å². The van der Waals surface area contributed by atoms with Crippen LogP contribution in [0.4, 0.5) is 17.2 Å². The smallest absolute Gasteiger partial charge is 0.248 e. The van der Waals surface area contributed by atoms with Crippen molar-refractivity contribution in [3.8, 4) is 0 Å². The number of benzene rings is 2. The highest BCUT2D eigenvalue weighted by atomic mass is 16.1. The van der Waals surface area contributed by atoms with Crippen molar-refractivity contribution < 1.29 is 4.79 Å². The lowest BCUT2D eigenvalue weighted by atomic mass is 10.2. The molecule has 1 heterocycles. The normalized spacial score (nSPS) is 10.2. The Balaban J connectivity index is 2.04. The number of hydrazine groups is 1. The number of hydrogen-bond acceptors (Lipinski definition) is 5. The maximum atomic E-state index is 11.5. The first kappa shape index (κ1) is 15.5. The van der Waals surface area contributed by atoms with Crippen LogP contribution < -0.4 is 16.2 Å². The molecule has 3 aromatic rings. The van der Waals surface area contributed by atoms with E-state index < -0.39 is 5.91 Å². The van der Waals surface area contributed by atoms with Crippen molar-refractivity contribution >= 4 is 23.1 Å². The molecule has 120 valence electrons. The predicted molar refractivity (Wildman–Crippen MR) is 93.9 cm³/mol. The number of amides is 1. The van der Waals surface area contributed by atoms with Gasteiger partial charge in [0.05, 0.1) is 11.4 Å². The third-order valence-electron chi connectivity index (χ3n) is 3.56. The first-order chi connectivity index (χ1) is 11.6. The van der Waals surface area contributed by atoms with E-state index in [0.717, 1.165) is 16.9 Å². The number of aryl methyl sites for hydroxylation is 1. The third kappa shape index (κ3) is 3.33. The van der Waals surface area contributed by atoms with Gasteiger partial charge in [-0.05, 0) is 36.8 Å². The SMILES string of the molecule is Cc1ccccc1NN(c1cccc(C(N)=O)c1)c1ccncn1. The molecule has 3 N–H and O–H groups in total. The summed E-state index contributed by atoms with van der Waals surface area (Å²) in [6.07, 6.45) is 3.13. The second-order valence-corrected chi connectivity index (χ2v) is 5.24. The summed E-state index contributed by atoms with van der Waals surface area (Å²) in [5, 5.41) is 1.79. The summed E-state index contributed by atoms with van der Waals surface area (Å²) in [5.74, 6) is 0.172. The average Bonchev–Trinajstić information content (AvgIpc) is 2.62. The van der Waals surface area contributed by atoms with Crippen LogP contribution in [0.3, 0.4) is 0 Å². The van der Waals surface area contributed by atoms with Gasteiger partial charge in [-0.3, -0.25) is 10.2 Å². The highest BCUT2D eigenvalue weighted by Gasteiger charge is 2.13. The molecule has 1 aromatic heterocycles. The van der Waals surface area contributed by atoms with Gasteiger partial charge in [0.1, 0.15) is 6.33 Å². The minimum atomic E-state index is -0.477. The lowest BCUT2D eigenvalue weighted by Crippen LogP contribution is -2.26. The number of aromatic nitrogens is 2. The number of nitrogens with one attached hydrogen (secondary N) is 1. The zero-order valence-electron chi connectivity index (χ0n) is 13.2. The molecule has 0 unspecified atom stereocenters. The third-order valence-corrected chi connectivity index (χ3v) is 3.56. The monoisotopic (exact) mass is 319 g/mol. The quantitative estimate of drug-likeness (QED) is 0.706. The molecular formula is C18H17N5O. The lowest BCUT2D eigenvalue weighted by Gasteiger charge is -2.26. The van der Waals surface area contributed by atoms with Crippen molar-refractivity contribution in [1.29, 1.82) is 0 Å². The fourth-order valence-electron chi connectivity index (χ4n) is 2.29. The van der Waals surface area contributed by atoms with Crippen molar-refractivity contribution in [3.05, 3.63) is 78.2 Å². The number of hydrogen-bond donors (Lipinski definition) is 2. The number of carbonyl (C=O) groups excluding carboxylic acids is 1. The number of rotatable bonds is 5. The molecule has 0 aliphatic rings. The number of carbonyl (C=O) groups is 1. The summed E-state index contributed by atoms with van der Waals surface area (Å²) in [7, 11) is 0. The lowest BCUT2D eigenvalue weighted by molar-refractivity contribution is 0.100. The Kier molecular flexibility index (Phi) is 4.38. The Morgan fingerprint density at radius 3 is 2.67 bits per heavy atom. The van der Waals surface area contributed by atoms with Crippen LogP contribution in [0.5, 0.6) is 0 Å². The van der Waals surface area contributed by atoms with Crippen molar-refractivity contribution in [2.45, 2.75) is 6.92 Å².